The lowest BCUT2D eigenvalue weighted by Gasteiger charge is -2.52. The van der Waals surface area contributed by atoms with Crippen LogP contribution in [0.4, 0.5) is 0 Å². The molecule has 0 spiro atoms. The first-order valence-electron chi connectivity index (χ1n) is 38.3. The summed E-state index contributed by atoms with van der Waals surface area (Å²) >= 11 is 0. The third kappa shape index (κ3) is 23.4. The van der Waals surface area contributed by atoms with Crippen LogP contribution >= 0.6 is 0 Å². The molecule has 9 aliphatic rings. The SMILES string of the molecule is CC(=O)N[C@H]1[C@H](O[C@H]2[C@H](O)[C@@H](NC(C)=O)[C@H](O[C@@H]3[C@@H](O[C@@H]4[C@H](O)[C@H](O[C@H]5[C@H](O)[C@@H](NC(C)=O)[C@H](O[C@H]6[C@H](O)[C@@H](NC(C)=O)C(O)O[C@@H]6CO)O[C@@H]5CO)O[C@H](CO[C@H]5O[C@H](CO)[C@@H](O)[C@H](O)[C@@H]5O[C@@H]5O[C@H](CO)[C@@H](O)[C@H](O)[C@H]5NC(C)=O)[C@H]4O[C@@H]4O[C@H](CO)[C@@H](O)[C@H](O)[C@H]4NC(C)=O)O[C@H](CO)[C@@H](O)[C@@H]3O)O[C@@H]2CO)O[C@H](CO)[C@H](OS(=O)(=O)O)[C@@H]1O. The summed E-state index contributed by atoms with van der Waals surface area (Å²) in [4.78, 5) is 77.1. The number of aliphatic hydroxyl groups is 22. The highest BCUT2D eigenvalue weighted by molar-refractivity contribution is 7.80. The van der Waals surface area contributed by atoms with Crippen molar-refractivity contribution in [3.63, 3.8) is 0 Å². The molecular weight excluding hydrogens is 1690 g/mol. The number of amides is 6. The molecule has 1 unspecified atom stereocenters. The molecule has 6 amide bonds. The van der Waals surface area contributed by atoms with E-state index < -0.39 is 381 Å². The zero-order valence-corrected chi connectivity index (χ0v) is 66.5. The van der Waals surface area contributed by atoms with E-state index in [4.69, 9.17) is 80.5 Å². The summed E-state index contributed by atoms with van der Waals surface area (Å²) in [7, 11) is -5.47. The van der Waals surface area contributed by atoms with Crippen LogP contribution in [0.3, 0.4) is 0 Å². The molecule has 56 heteroatoms. The van der Waals surface area contributed by atoms with Gasteiger partial charge in [-0.2, -0.15) is 8.42 Å². The maximum atomic E-state index is 13.3. The van der Waals surface area contributed by atoms with Gasteiger partial charge in [0.05, 0.1) is 59.5 Å². The molecule has 0 aliphatic carbocycles. The molecule has 0 bridgehead atoms. The first-order valence-corrected chi connectivity index (χ1v) is 39.6. The van der Waals surface area contributed by atoms with Gasteiger partial charge in [0, 0.05) is 41.5 Å². The van der Waals surface area contributed by atoms with E-state index >= 15 is 0 Å². The summed E-state index contributed by atoms with van der Waals surface area (Å²) in [5.74, 6) is -5.76. The first-order chi connectivity index (χ1) is 57.5. The Labute approximate surface area is 691 Å². The minimum Gasteiger partial charge on any atom is -0.394 e. The smallest absolute Gasteiger partial charge is 0.394 e. The van der Waals surface area contributed by atoms with Crippen LogP contribution in [0.25, 0.3) is 0 Å². The highest BCUT2D eigenvalue weighted by Crippen LogP contribution is 2.41. The predicted octanol–water partition coefficient (Wildman–Crippen LogP) is -19.9. The van der Waals surface area contributed by atoms with Gasteiger partial charge in [-0.15, -0.1) is 0 Å². The number of rotatable bonds is 33. The molecule has 45 atom stereocenters. The molecule has 9 rings (SSSR count). The second-order valence-electron chi connectivity index (χ2n) is 30.1. The second-order valence-corrected chi connectivity index (χ2v) is 31.2. The number of carbonyl (C=O) groups is 6. The maximum Gasteiger partial charge on any atom is 0.397 e. The van der Waals surface area contributed by atoms with Gasteiger partial charge in [0.1, 0.15) is 219 Å². The topological polar surface area (TPSA) is 840 Å². The Morgan fingerprint density at radius 2 is 0.500 bits per heavy atom. The lowest BCUT2D eigenvalue weighted by molar-refractivity contribution is -0.408. The third-order valence-corrected chi connectivity index (χ3v) is 21.8. The highest BCUT2D eigenvalue weighted by atomic mass is 32.3. The molecule has 0 saturated carbocycles. The predicted molar refractivity (Wildman–Crippen MR) is 377 cm³/mol. The summed E-state index contributed by atoms with van der Waals surface area (Å²) in [6.45, 7) is -5.31. The van der Waals surface area contributed by atoms with Gasteiger partial charge in [-0.3, -0.25) is 33.3 Å². The summed E-state index contributed by atoms with van der Waals surface area (Å²) < 4.78 is 142. The highest BCUT2D eigenvalue weighted by Gasteiger charge is 2.62. The van der Waals surface area contributed by atoms with Crippen molar-refractivity contribution < 1.29 is 239 Å². The van der Waals surface area contributed by atoms with Crippen molar-refractivity contribution in [3.8, 4) is 0 Å². The molecule has 9 saturated heterocycles. The van der Waals surface area contributed by atoms with E-state index in [9.17, 15) is 154 Å². The molecule has 29 N–H and O–H groups in total. The molecule has 55 nitrogen and oxygen atoms in total. The van der Waals surface area contributed by atoms with Gasteiger partial charge in [-0.05, 0) is 0 Å². The van der Waals surface area contributed by atoms with Crippen LogP contribution in [0.5, 0.6) is 0 Å². The standard InChI is InChI=1S/C66H110N6O49S/c1-16(81)67-31-43(93)50(26(11-77)105-58(31)100)114-61-34(70-19(4)84)45(95)52(28(13-79)110-61)116-64-49(99)55(118-66-57(48(98)40(90)25(10-76)109-66)120-63-35(71-20(5)85)44(94)51(27(12-78)111-63)115-62-36(72-21(6)86)46(96)53(29(14-80)112-62)121-122(101,102)103)54(117-59-32(68-17(2)82)41(91)37(87)22(7-73)106-59)30(113-64)15-104-65-56(47(97)39(89)24(9-75)108-65)119-60-33(69-18(3)83)42(92)38(88)23(8-74)107-60/h22-66,73-80,87-100H,7-15H2,1-6H3,(H,67,81)(H,68,82)(H,69,83)(H,70,84)(H,71,85)(H,72,86)(H,101,102,103)/t22-,23-,24-,25-,26-,27-,28-,29-,30-,31-,32-,33-,34-,35-,36-,37-,38-,39-,40-,41-,42-,43-,44-,45-,46-,47+,48+,49+,50-,51-,52-,53+,54-,55-,56+,57+,58?,59+,60+,61+,62+,63+,64+,65+,66-/m1/s1. The Balaban J connectivity index is 1.17. The molecule has 9 aliphatic heterocycles. The third-order valence-electron chi connectivity index (χ3n) is 21.4. The van der Waals surface area contributed by atoms with Crippen molar-refractivity contribution in [1.29, 1.82) is 0 Å². The normalized spacial score (nSPS) is 45.9. The summed E-state index contributed by atoms with van der Waals surface area (Å²) in [6, 6.07) is -11.7. The summed E-state index contributed by atoms with van der Waals surface area (Å²) in [6.07, 6.45) is -86.2. The van der Waals surface area contributed by atoms with Crippen molar-refractivity contribution in [2.45, 2.75) is 318 Å². The van der Waals surface area contributed by atoms with Gasteiger partial charge < -0.3 is 225 Å². The molecule has 0 aromatic carbocycles. The van der Waals surface area contributed by atoms with Crippen molar-refractivity contribution in [1.82, 2.24) is 31.9 Å². The molecule has 9 heterocycles. The summed E-state index contributed by atoms with van der Waals surface area (Å²) in [5, 5.41) is 264. The monoisotopic (exact) mass is 1800 g/mol. The maximum absolute atomic E-state index is 13.3. The number of carbonyl (C=O) groups excluding carboxylic acids is 6. The summed E-state index contributed by atoms with van der Waals surface area (Å²) in [5.41, 5.74) is 0. The van der Waals surface area contributed by atoms with E-state index in [0.29, 0.717) is 0 Å². The Morgan fingerprint density at radius 1 is 0.254 bits per heavy atom. The van der Waals surface area contributed by atoms with Crippen LogP contribution in [0, 0.1) is 0 Å². The zero-order valence-electron chi connectivity index (χ0n) is 65.7. The Hall–Kier alpha value is -4.87. The molecule has 704 valence electrons. The van der Waals surface area contributed by atoms with Crippen molar-refractivity contribution in [2.24, 2.45) is 0 Å². The number of hydrogen-bond donors (Lipinski definition) is 29. The molecule has 122 heavy (non-hydrogen) atoms. The quantitative estimate of drug-likeness (QED) is 0.0271. The van der Waals surface area contributed by atoms with Crippen molar-refractivity contribution in [3.05, 3.63) is 0 Å². The largest absolute Gasteiger partial charge is 0.397 e. The molecule has 0 aromatic heterocycles. The van der Waals surface area contributed by atoms with Gasteiger partial charge in [0.2, 0.25) is 35.4 Å². The van der Waals surface area contributed by atoms with E-state index in [1.807, 2.05) is 0 Å². The minimum absolute atomic E-state index is 0.821. The van der Waals surface area contributed by atoms with Gasteiger partial charge in [0.25, 0.3) is 0 Å². The van der Waals surface area contributed by atoms with E-state index in [1.54, 1.807) is 0 Å². The van der Waals surface area contributed by atoms with Gasteiger partial charge in [-0.1, -0.05) is 0 Å². The van der Waals surface area contributed by atoms with Crippen LogP contribution in [0.15, 0.2) is 0 Å². The Bertz CT molecular complexity index is 3510. The fraction of sp³-hybridized carbons (Fsp3) is 0.909. The zero-order chi connectivity index (χ0) is 90.3. The van der Waals surface area contributed by atoms with Crippen LogP contribution in [0.1, 0.15) is 41.5 Å². The van der Waals surface area contributed by atoms with E-state index in [2.05, 4.69) is 36.1 Å². The van der Waals surface area contributed by atoms with Crippen LogP contribution in [-0.4, -0.2) is 496 Å². The Kier molecular flexibility index (Phi) is 36.4. The van der Waals surface area contributed by atoms with Crippen molar-refractivity contribution in [2.75, 3.05) is 59.5 Å². The van der Waals surface area contributed by atoms with Gasteiger partial charge >= 0.3 is 10.4 Å². The Morgan fingerprint density at radius 3 is 0.852 bits per heavy atom. The molecule has 0 radical (unpaired) electrons. The minimum atomic E-state index is -5.47. The first kappa shape index (κ1) is 101. The van der Waals surface area contributed by atoms with Gasteiger partial charge in [0.15, 0.2) is 56.6 Å². The number of ether oxygens (including phenoxy) is 17. The molecule has 9 fully saturated rings. The molecule has 0 aromatic rings. The number of nitrogens with one attached hydrogen (secondary N) is 6. The lowest BCUT2D eigenvalue weighted by atomic mass is 9.93. The fourth-order valence-electron chi connectivity index (χ4n) is 15.5. The lowest BCUT2D eigenvalue weighted by Crippen LogP contribution is -2.72. The van der Waals surface area contributed by atoms with Crippen LogP contribution in [0.2, 0.25) is 0 Å². The second kappa shape index (κ2) is 44.0. The van der Waals surface area contributed by atoms with E-state index in [0.717, 1.165) is 41.5 Å². The molecular formula is C66H110N6O49S. The van der Waals surface area contributed by atoms with E-state index in [-0.39, 0.29) is 0 Å². The fourth-order valence-corrected chi connectivity index (χ4v) is 16.0. The average Bonchev–Trinajstić information content (AvgIpc) is 0.756. The van der Waals surface area contributed by atoms with Crippen LogP contribution < -0.4 is 31.9 Å². The van der Waals surface area contributed by atoms with Crippen LogP contribution in [-0.2, 0) is 124 Å². The average molecular weight is 1800 g/mol. The number of aliphatic hydroxyl groups excluding tert-OH is 22. The van der Waals surface area contributed by atoms with Gasteiger partial charge in [-0.25, -0.2) is 4.18 Å². The van der Waals surface area contributed by atoms with E-state index in [1.165, 1.54) is 0 Å². The number of hydrogen-bond acceptors (Lipinski definition) is 48. The van der Waals surface area contributed by atoms with Crippen molar-refractivity contribution >= 4 is 45.8 Å².